The van der Waals surface area contributed by atoms with Crippen LogP contribution in [-0.2, 0) is 4.79 Å². The number of methoxy groups -OCH3 is 1. The highest BCUT2D eigenvalue weighted by atomic mass is 16.5. The van der Waals surface area contributed by atoms with E-state index >= 15 is 0 Å². The Morgan fingerprint density at radius 3 is 2.50 bits per heavy atom. The molecule has 28 heavy (non-hydrogen) atoms. The average molecular weight is 369 g/mol. The van der Waals surface area contributed by atoms with E-state index in [1.165, 1.54) is 6.08 Å². The fraction of sp³-hybridized carbons (Fsp3) is 0.0455. The second kappa shape index (κ2) is 8.39. The van der Waals surface area contributed by atoms with Gasteiger partial charge in [-0.25, -0.2) is 0 Å². The molecule has 2 aromatic carbocycles. The van der Waals surface area contributed by atoms with Crippen molar-refractivity contribution in [1.82, 2.24) is 0 Å². The Morgan fingerprint density at radius 1 is 1.07 bits per heavy atom. The zero-order valence-corrected chi connectivity index (χ0v) is 15.0. The SMILES string of the molecule is COc1ccc(NC(=O)/C(C#N)=C/c2ccc(-c3ccccc3C#N)o2)cc1. The fourth-order valence-corrected chi connectivity index (χ4v) is 2.53. The monoisotopic (exact) mass is 369 g/mol. The maximum atomic E-state index is 12.4. The Balaban J connectivity index is 1.81. The first-order valence-corrected chi connectivity index (χ1v) is 8.31. The summed E-state index contributed by atoms with van der Waals surface area (Å²) in [4.78, 5) is 12.4. The summed E-state index contributed by atoms with van der Waals surface area (Å²) < 4.78 is 10.8. The zero-order chi connectivity index (χ0) is 19.9. The van der Waals surface area contributed by atoms with Crippen molar-refractivity contribution in [3.05, 3.63) is 77.6 Å². The van der Waals surface area contributed by atoms with E-state index in [9.17, 15) is 15.3 Å². The average Bonchev–Trinajstić information content (AvgIpc) is 3.20. The van der Waals surface area contributed by atoms with Gasteiger partial charge in [0.25, 0.3) is 5.91 Å². The van der Waals surface area contributed by atoms with Crippen LogP contribution in [0.15, 0.2) is 70.7 Å². The van der Waals surface area contributed by atoms with Crippen LogP contribution in [0.1, 0.15) is 11.3 Å². The molecule has 1 aromatic heterocycles. The highest BCUT2D eigenvalue weighted by molar-refractivity contribution is 6.09. The Bertz CT molecular complexity index is 1110. The van der Waals surface area contributed by atoms with Crippen LogP contribution < -0.4 is 10.1 Å². The number of carbonyl (C=O) groups excluding carboxylic acids is 1. The molecule has 0 aliphatic carbocycles. The lowest BCUT2D eigenvalue weighted by Crippen LogP contribution is -2.13. The highest BCUT2D eigenvalue weighted by Crippen LogP contribution is 2.26. The molecule has 0 radical (unpaired) electrons. The number of furan rings is 1. The third-order valence-corrected chi connectivity index (χ3v) is 3.94. The maximum Gasteiger partial charge on any atom is 0.266 e. The first-order valence-electron chi connectivity index (χ1n) is 8.31. The highest BCUT2D eigenvalue weighted by Gasteiger charge is 2.13. The number of anilines is 1. The van der Waals surface area contributed by atoms with Gasteiger partial charge in [-0.1, -0.05) is 12.1 Å². The van der Waals surface area contributed by atoms with E-state index < -0.39 is 5.91 Å². The number of rotatable bonds is 5. The van der Waals surface area contributed by atoms with Gasteiger partial charge >= 0.3 is 0 Å². The predicted molar refractivity (Wildman–Crippen MR) is 104 cm³/mol. The van der Waals surface area contributed by atoms with Gasteiger partial charge in [0.15, 0.2) is 0 Å². The molecule has 0 spiro atoms. The Kier molecular flexibility index (Phi) is 5.55. The molecular formula is C22H15N3O3. The van der Waals surface area contributed by atoms with E-state index in [-0.39, 0.29) is 5.57 Å². The second-order valence-corrected chi connectivity index (χ2v) is 5.71. The van der Waals surface area contributed by atoms with Crippen LogP contribution in [-0.4, -0.2) is 13.0 Å². The molecule has 6 heteroatoms. The molecule has 0 saturated carbocycles. The van der Waals surface area contributed by atoms with Crippen molar-refractivity contribution < 1.29 is 13.9 Å². The molecule has 0 aliphatic heterocycles. The molecule has 1 N–H and O–H groups in total. The van der Waals surface area contributed by atoms with Gasteiger partial charge < -0.3 is 14.5 Å². The van der Waals surface area contributed by atoms with Crippen molar-refractivity contribution in [2.24, 2.45) is 0 Å². The number of nitrogens with zero attached hydrogens (tertiary/aromatic N) is 2. The molecular weight excluding hydrogens is 354 g/mol. The van der Waals surface area contributed by atoms with Gasteiger partial charge in [-0.15, -0.1) is 0 Å². The minimum absolute atomic E-state index is 0.106. The molecule has 0 saturated heterocycles. The van der Waals surface area contributed by atoms with E-state index in [1.54, 1.807) is 67.8 Å². The summed E-state index contributed by atoms with van der Waals surface area (Å²) in [5.41, 5.74) is 1.55. The lowest BCUT2D eigenvalue weighted by Gasteiger charge is -2.05. The molecule has 0 bridgehead atoms. The van der Waals surface area contributed by atoms with Crippen molar-refractivity contribution in [2.45, 2.75) is 0 Å². The van der Waals surface area contributed by atoms with E-state index in [4.69, 9.17) is 9.15 Å². The lowest BCUT2D eigenvalue weighted by atomic mass is 10.1. The summed E-state index contributed by atoms with van der Waals surface area (Å²) in [7, 11) is 1.55. The largest absolute Gasteiger partial charge is 0.497 e. The quantitative estimate of drug-likeness (QED) is 0.532. The fourth-order valence-electron chi connectivity index (χ4n) is 2.53. The van der Waals surface area contributed by atoms with Crippen LogP contribution in [0.5, 0.6) is 5.75 Å². The summed E-state index contributed by atoms with van der Waals surface area (Å²) in [6.45, 7) is 0. The first-order chi connectivity index (χ1) is 13.6. The summed E-state index contributed by atoms with van der Waals surface area (Å²) in [5.74, 6) is 0.929. The molecule has 6 nitrogen and oxygen atoms in total. The van der Waals surface area contributed by atoms with Crippen LogP contribution >= 0.6 is 0 Å². The van der Waals surface area contributed by atoms with Crippen molar-refractivity contribution in [3.8, 4) is 29.2 Å². The number of hydrogen-bond acceptors (Lipinski definition) is 5. The van der Waals surface area contributed by atoms with Crippen molar-refractivity contribution in [2.75, 3.05) is 12.4 Å². The molecule has 0 unspecified atom stereocenters. The molecule has 0 fully saturated rings. The van der Waals surface area contributed by atoms with Crippen molar-refractivity contribution >= 4 is 17.7 Å². The third kappa shape index (κ3) is 4.09. The zero-order valence-electron chi connectivity index (χ0n) is 15.0. The molecule has 0 atom stereocenters. The summed E-state index contributed by atoms with van der Waals surface area (Å²) in [5, 5.41) is 21.2. The van der Waals surface area contributed by atoms with Gasteiger partial charge in [0, 0.05) is 17.3 Å². The normalized spacial score (nSPS) is 10.6. The lowest BCUT2D eigenvalue weighted by molar-refractivity contribution is -0.112. The first kappa shape index (κ1) is 18.5. The molecule has 3 rings (SSSR count). The van der Waals surface area contributed by atoms with Gasteiger partial charge in [0.05, 0.1) is 18.7 Å². The van der Waals surface area contributed by atoms with Crippen molar-refractivity contribution in [1.29, 1.82) is 10.5 Å². The Labute approximate surface area is 161 Å². The maximum absolute atomic E-state index is 12.4. The second-order valence-electron chi connectivity index (χ2n) is 5.71. The summed E-state index contributed by atoms with van der Waals surface area (Å²) in [6, 6.07) is 21.1. The molecule has 136 valence electrons. The Hall–Kier alpha value is -4.29. The van der Waals surface area contributed by atoms with Crippen LogP contribution in [0, 0.1) is 22.7 Å². The molecule has 1 heterocycles. The molecule has 0 aliphatic rings. The van der Waals surface area contributed by atoms with Crippen molar-refractivity contribution in [3.63, 3.8) is 0 Å². The third-order valence-electron chi connectivity index (χ3n) is 3.94. The van der Waals surface area contributed by atoms with Crippen LogP contribution in [0.4, 0.5) is 5.69 Å². The van der Waals surface area contributed by atoms with Crippen LogP contribution in [0.3, 0.4) is 0 Å². The number of hydrogen-bond donors (Lipinski definition) is 1. The number of carbonyl (C=O) groups is 1. The van der Waals surface area contributed by atoms with Crippen LogP contribution in [0.25, 0.3) is 17.4 Å². The number of nitrogens with one attached hydrogen (secondary N) is 1. The summed E-state index contributed by atoms with van der Waals surface area (Å²) >= 11 is 0. The number of benzene rings is 2. The van der Waals surface area contributed by atoms with Gasteiger partial charge in [-0.3, -0.25) is 4.79 Å². The molecule has 3 aromatic rings. The van der Waals surface area contributed by atoms with Gasteiger partial charge in [-0.05, 0) is 48.5 Å². The minimum Gasteiger partial charge on any atom is -0.497 e. The van der Waals surface area contributed by atoms with E-state index in [0.717, 1.165) is 0 Å². The Morgan fingerprint density at radius 2 is 1.82 bits per heavy atom. The standard InChI is InChI=1S/C22H15N3O3/c1-27-18-8-6-17(7-9-18)25-22(26)16(14-24)12-19-10-11-21(28-19)20-5-3-2-4-15(20)13-23/h2-12H,1H3,(H,25,26)/b16-12+. The van der Waals surface area contributed by atoms with Crippen LogP contribution in [0.2, 0.25) is 0 Å². The van der Waals surface area contributed by atoms with E-state index in [1.807, 2.05) is 6.07 Å². The van der Waals surface area contributed by atoms with E-state index in [0.29, 0.717) is 34.1 Å². The predicted octanol–water partition coefficient (Wildman–Crippen LogP) is 4.37. The van der Waals surface area contributed by atoms with Gasteiger partial charge in [0.1, 0.15) is 28.9 Å². The topological polar surface area (TPSA) is 99.0 Å². The number of nitriles is 2. The van der Waals surface area contributed by atoms with Gasteiger partial charge in [-0.2, -0.15) is 10.5 Å². The van der Waals surface area contributed by atoms with Gasteiger partial charge in [0.2, 0.25) is 0 Å². The minimum atomic E-state index is -0.553. The van der Waals surface area contributed by atoms with E-state index in [2.05, 4.69) is 11.4 Å². The molecule has 1 amide bonds. The number of amides is 1. The smallest absolute Gasteiger partial charge is 0.266 e. The summed E-state index contributed by atoms with van der Waals surface area (Å²) in [6.07, 6.45) is 1.36. The number of ether oxygens (including phenoxy) is 1.